The maximum Gasteiger partial charge on any atom is 0.309 e. The minimum Gasteiger partial charge on any atom is -0.461 e. The van der Waals surface area contributed by atoms with Crippen molar-refractivity contribution in [2.75, 3.05) is 13.2 Å². The number of carbonyl (C=O) groups is 2. The molecule has 2 atom stereocenters. The summed E-state index contributed by atoms with van der Waals surface area (Å²) in [5, 5.41) is 10.3. The van der Waals surface area contributed by atoms with Crippen LogP contribution >= 0.6 is 0 Å². The van der Waals surface area contributed by atoms with Crippen LogP contribution in [0.5, 0.6) is 0 Å². The summed E-state index contributed by atoms with van der Waals surface area (Å²) in [5.74, 6) is -0.460. The van der Waals surface area contributed by atoms with E-state index in [4.69, 9.17) is 28.9 Å². The molecule has 5 fully saturated rings. The second-order valence-electron chi connectivity index (χ2n) is 23.7. The number of aliphatic imine (C=N–C) groups is 2. The monoisotopic (exact) mass is 1000 g/mol. The lowest BCUT2D eigenvalue weighted by atomic mass is 9.81. The average molecular weight is 1000 g/mol. The van der Waals surface area contributed by atoms with Gasteiger partial charge in [-0.05, 0) is 147 Å². The van der Waals surface area contributed by atoms with Crippen molar-refractivity contribution in [3.63, 3.8) is 0 Å². The molecule has 0 spiro atoms. The summed E-state index contributed by atoms with van der Waals surface area (Å²) in [6.07, 6.45) is 54.9. The highest BCUT2D eigenvalue weighted by Crippen LogP contribution is 2.36. The van der Waals surface area contributed by atoms with Crippen LogP contribution in [0.1, 0.15) is 290 Å². The van der Waals surface area contributed by atoms with E-state index in [0.29, 0.717) is 49.0 Å². The van der Waals surface area contributed by atoms with Crippen LogP contribution in [0.25, 0.3) is 0 Å². The maximum absolute atomic E-state index is 13.5. The number of esters is 2. The first-order valence-electron chi connectivity index (χ1n) is 31.6. The second kappa shape index (κ2) is 38.3. The molecule has 5 aliphatic rings. The summed E-state index contributed by atoms with van der Waals surface area (Å²) in [6.45, 7) is 6.39. The van der Waals surface area contributed by atoms with Gasteiger partial charge in [0.15, 0.2) is 0 Å². The van der Waals surface area contributed by atoms with Crippen LogP contribution in [-0.2, 0) is 28.5 Å². The number of nitrogens with zero attached hydrogens (tertiary/aromatic N) is 3. The van der Waals surface area contributed by atoms with Gasteiger partial charge in [-0.2, -0.15) is 5.26 Å². The van der Waals surface area contributed by atoms with Crippen molar-refractivity contribution in [2.45, 2.75) is 326 Å². The molecule has 72 heavy (non-hydrogen) atoms. The summed E-state index contributed by atoms with van der Waals surface area (Å²) in [4.78, 5) is 37.0. The molecule has 0 amide bonds. The topological polar surface area (TPSA) is 120 Å². The van der Waals surface area contributed by atoms with E-state index in [9.17, 15) is 14.9 Å². The molecule has 0 saturated heterocycles. The van der Waals surface area contributed by atoms with E-state index in [1.165, 1.54) is 154 Å². The summed E-state index contributed by atoms with van der Waals surface area (Å²) in [7, 11) is 0. The smallest absolute Gasteiger partial charge is 0.309 e. The molecule has 9 heteroatoms. The van der Waals surface area contributed by atoms with Gasteiger partial charge in [0.2, 0.25) is 0 Å². The Morgan fingerprint density at radius 1 is 0.431 bits per heavy atom. The molecule has 5 saturated carbocycles. The molecule has 0 aromatic carbocycles. The van der Waals surface area contributed by atoms with Crippen molar-refractivity contribution in [3.05, 3.63) is 0 Å². The van der Waals surface area contributed by atoms with Crippen molar-refractivity contribution < 1.29 is 28.5 Å². The number of rotatable bonds is 36. The lowest BCUT2D eigenvalue weighted by Gasteiger charge is -2.35. The molecule has 0 aliphatic heterocycles. The Hall–Kier alpha value is -2.31. The lowest BCUT2D eigenvalue weighted by Crippen LogP contribution is -2.42. The summed E-state index contributed by atoms with van der Waals surface area (Å²) in [5.41, 5.74) is 0. The maximum atomic E-state index is 13.5. The fraction of sp³-hybridized carbons (Fsp3) is 0.921. The minimum atomic E-state index is -0.622. The fourth-order valence-corrected chi connectivity index (χ4v) is 12.6. The van der Waals surface area contributed by atoms with Gasteiger partial charge < -0.3 is 18.9 Å². The first-order chi connectivity index (χ1) is 35.4. The molecule has 5 rings (SSSR count). The SMILES string of the molecule is CCCCCCCCCCCCCCOC1CCC(N=CC2CCC(C(=O)OC3CCCC(OC(=O)C4CCC(C=NC5CCC(OCCCCCCCCCCCCCC)CC5)CC4)C3C#N)CC2)CC1. The van der Waals surface area contributed by atoms with Gasteiger partial charge in [0.05, 0.1) is 30.1 Å². The van der Waals surface area contributed by atoms with Crippen molar-refractivity contribution >= 4 is 24.4 Å². The largest absolute Gasteiger partial charge is 0.461 e. The molecule has 0 aromatic rings. The summed E-state index contributed by atoms with van der Waals surface area (Å²) >= 11 is 0. The normalized spacial score (nSPS) is 29.3. The van der Waals surface area contributed by atoms with Crippen LogP contribution in [0.2, 0.25) is 0 Å². The van der Waals surface area contributed by atoms with Crippen LogP contribution in [0.4, 0.5) is 0 Å². The van der Waals surface area contributed by atoms with Crippen molar-refractivity contribution in [1.82, 2.24) is 0 Å². The first kappa shape index (κ1) is 60.6. The van der Waals surface area contributed by atoms with E-state index in [1.807, 2.05) is 0 Å². The van der Waals surface area contributed by atoms with Gasteiger partial charge in [-0.15, -0.1) is 0 Å². The second-order valence-corrected chi connectivity index (χ2v) is 23.7. The van der Waals surface area contributed by atoms with E-state index in [1.54, 1.807) is 0 Å². The third kappa shape index (κ3) is 25.0. The molecular weight excluding hydrogens is 895 g/mol. The first-order valence-corrected chi connectivity index (χ1v) is 31.6. The van der Waals surface area contributed by atoms with E-state index in [2.05, 4.69) is 32.3 Å². The Labute approximate surface area is 441 Å². The highest BCUT2D eigenvalue weighted by atomic mass is 16.6. The molecule has 5 aliphatic carbocycles. The Bertz CT molecular complexity index is 1380. The Morgan fingerprint density at radius 2 is 0.750 bits per heavy atom. The van der Waals surface area contributed by atoms with Gasteiger partial charge in [-0.1, -0.05) is 155 Å². The highest BCUT2D eigenvalue weighted by molar-refractivity contribution is 5.74. The molecule has 9 nitrogen and oxygen atoms in total. The van der Waals surface area contributed by atoms with Crippen LogP contribution < -0.4 is 0 Å². The minimum absolute atomic E-state index is 0.142. The quantitative estimate of drug-likeness (QED) is 0.0348. The van der Waals surface area contributed by atoms with E-state index in [-0.39, 0.29) is 23.8 Å². The Kier molecular flexibility index (Phi) is 32.2. The Balaban J connectivity index is 0.856. The molecule has 0 aromatic heterocycles. The van der Waals surface area contributed by atoms with E-state index < -0.39 is 18.1 Å². The lowest BCUT2D eigenvalue weighted by molar-refractivity contribution is -0.170. The third-order valence-electron chi connectivity index (χ3n) is 17.7. The van der Waals surface area contributed by atoms with Crippen LogP contribution in [-0.4, -0.2) is 74.1 Å². The van der Waals surface area contributed by atoms with Crippen molar-refractivity contribution in [3.8, 4) is 6.07 Å². The molecular formula is C63H109N3O6. The molecule has 0 bridgehead atoms. The zero-order valence-corrected chi connectivity index (χ0v) is 46.6. The van der Waals surface area contributed by atoms with Gasteiger partial charge in [-0.25, -0.2) is 0 Å². The molecule has 0 N–H and O–H groups in total. The van der Waals surface area contributed by atoms with Gasteiger partial charge in [0.25, 0.3) is 0 Å². The number of hydrogen-bond acceptors (Lipinski definition) is 9. The fourth-order valence-electron chi connectivity index (χ4n) is 12.6. The van der Waals surface area contributed by atoms with Gasteiger partial charge >= 0.3 is 11.9 Å². The number of unbranched alkanes of at least 4 members (excludes halogenated alkanes) is 22. The molecule has 2 unspecified atom stereocenters. The van der Waals surface area contributed by atoms with Crippen LogP contribution in [0.3, 0.4) is 0 Å². The van der Waals surface area contributed by atoms with Crippen molar-refractivity contribution in [2.24, 2.45) is 39.6 Å². The van der Waals surface area contributed by atoms with E-state index >= 15 is 0 Å². The molecule has 0 radical (unpaired) electrons. The number of carbonyl (C=O) groups excluding carboxylic acids is 2. The molecule has 412 valence electrons. The third-order valence-corrected chi connectivity index (χ3v) is 17.7. The molecule has 0 heterocycles. The van der Waals surface area contributed by atoms with Crippen LogP contribution in [0, 0.1) is 40.9 Å². The standard InChI is InChI=1S/C63H109N3O6/c1-3-5-7-9-11-13-15-17-19-21-23-25-46-69-57-42-38-55(39-43-57)65-49-51-30-34-53(35-31-51)62(67)71-60-28-27-29-61(59(60)48-64)72-63(68)54-36-32-52(33-37-54)50-66-56-40-44-58(45-41-56)70-47-26-24-22-20-18-16-14-12-10-8-6-4-2/h49-61H,3-47H2,1-2H3. The number of nitriles is 1. The van der Waals surface area contributed by atoms with Gasteiger partial charge in [-0.3, -0.25) is 19.6 Å². The summed E-state index contributed by atoms with van der Waals surface area (Å²) in [6, 6.07) is 3.18. The number of ether oxygens (including phenoxy) is 4. The zero-order valence-electron chi connectivity index (χ0n) is 46.6. The zero-order chi connectivity index (χ0) is 50.7. The average Bonchev–Trinajstić information content (AvgIpc) is 3.41. The number of hydrogen-bond donors (Lipinski definition) is 0. The van der Waals surface area contributed by atoms with E-state index in [0.717, 1.165) is 122 Å². The Morgan fingerprint density at radius 3 is 1.07 bits per heavy atom. The predicted octanol–water partition coefficient (Wildman–Crippen LogP) is 16.9. The predicted molar refractivity (Wildman–Crippen MR) is 297 cm³/mol. The van der Waals surface area contributed by atoms with Gasteiger partial charge in [0, 0.05) is 37.7 Å². The highest BCUT2D eigenvalue weighted by Gasteiger charge is 2.41. The van der Waals surface area contributed by atoms with Crippen LogP contribution in [0.15, 0.2) is 9.98 Å². The van der Waals surface area contributed by atoms with Crippen molar-refractivity contribution in [1.29, 1.82) is 5.26 Å². The van der Waals surface area contributed by atoms with Gasteiger partial charge in [0.1, 0.15) is 18.1 Å². The summed E-state index contributed by atoms with van der Waals surface area (Å²) < 4.78 is 24.7.